The first-order chi connectivity index (χ1) is 14.3. The lowest BCUT2D eigenvalue weighted by molar-refractivity contribution is -0.143. The highest BCUT2D eigenvalue weighted by molar-refractivity contribution is 5.83. The molecule has 0 radical (unpaired) electrons. The maximum atomic E-state index is 6.11. The topological polar surface area (TPSA) is 45.5 Å². The van der Waals surface area contributed by atoms with Crippen molar-refractivity contribution in [1.82, 2.24) is 9.55 Å². The van der Waals surface area contributed by atoms with Crippen molar-refractivity contribution in [3.05, 3.63) is 72.6 Å². The van der Waals surface area contributed by atoms with Gasteiger partial charge in [0.15, 0.2) is 6.29 Å². The zero-order valence-corrected chi connectivity index (χ0v) is 16.9. The number of ether oxygens (including phenoxy) is 3. The summed E-state index contributed by atoms with van der Waals surface area (Å²) in [5, 5.41) is 2.36. The second kappa shape index (κ2) is 9.07. The van der Waals surface area contributed by atoms with E-state index < -0.39 is 0 Å². The third kappa shape index (κ3) is 4.42. The first-order valence-corrected chi connectivity index (χ1v) is 10.1. The van der Waals surface area contributed by atoms with Crippen molar-refractivity contribution in [3.8, 4) is 5.75 Å². The van der Waals surface area contributed by atoms with Crippen LogP contribution in [0.25, 0.3) is 21.8 Å². The van der Waals surface area contributed by atoms with Gasteiger partial charge in [-0.3, -0.25) is 0 Å². The summed E-state index contributed by atoms with van der Waals surface area (Å²) in [6, 6.07) is 22.5. The standard InChI is InChI=1S/C24H26N2O3/c1-3-27-24(28-4-2)16-26-22-12-8-7-11-21(22)25-23(26)17-29-20-14-13-18-9-5-6-10-19(18)15-20/h5-15,24H,3-4,16-17H2,1-2H3. The summed E-state index contributed by atoms with van der Waals surface area (Å²) < 4.78 is 19.8. The van der Waals surface area contributed by atoms with Crippen LogP contribution >= 0.6 is 0 Å². The molecule has 0 atom stereocenters. The lowest BCUT2D eigenvalue weighted by Crippen LogP contribution is -2.25. The van der Waals surface area contributed by atoms with Gasteiger partial charge in [-0.25, -0.2) is 4.98 Å². The number of imidazole rings is 1. The summed E-state index contributed by atoms with van der Waals surface area (Å²) in [5.41, 5.74) is 1.99. The molecule has 0 bridgehead atoms. The maximum Gasteiger partial charge on any atom is 0.175 e. The fraction of sp³-hybridized carbons (Fsp3) is 0.292. The van der Waals surface area contributed by atoms with Gasteiger partial charge >= 0.3 is 0 Å². The Morgan fingerprint density at radius 2 is 1.59 bits per heavy atom. The molecule has 0 aliphatic heterocycles. The van der Waals surface area contributed by atoms with Crippen molar-refractivity contribution in [2.75, 3.05) is 13.2 Å². The van der Waals surface area contributed by atoms with Gasteiger partial charge in [-0.05, 0) is 48.9 Å². The highest BCUT2D eigenvalue weighted by Crippen LogP contribution is 2.23. The first-order valence-electron chi connectivity index (χ1n) is 10.1. The third-order valence-electron chi connectivity index (χ3n) is 4.86. The Morgan fingerprint density at radius 3 is 2.38 bits per heavy atom. The molecular formula is C24H26N2O3. The fourth-order valence-corrected chi connectivity index (χ4v) is 3.52. The van der Waals surface area contributed by atoms with Crippen LogP contribution in [0.15, 0.2) is 66.7 Å². The normalized spacial score (nSPS) is 11.6. The summed E-state index contributed by atoms with van der Waals surface area (Å²) in [5.74, 6) is 1.68. The molecule has 29 heavy (non-hydrogen) atoms. The van der Waals surface area contributed by atoms with Crippen LogP contribution in [0.5, 0.6) is 5.75 Å². The predicted octanol–water partition coefficient (Wildman–Crippen LogP) is 5.17. The van der Waals surface area contributed by atoms with Gasteiger partial charge in [-0.15, -0.1) is 0 Å². The molecule has 3 aromatic carbocycles. The van der Waals surface area contributed by atoms with Crippen LogP contribution in [-0.2, 0) is 22.6 Å². The van der Waals surface area contributed by atoms with E-state index in [2.05, 4.69) is 34.9 Å². The summed E-state index contributed by atoms with van der Waals surface area (Å²) in [7, 11) is 0. The van der Waals surface area contributed by atoms with E-state index in [-0.39, 0.29) is 6.29 Å². The van der Waals surface area contributed by atoms with E-state index in [1.54, 1.807) is 0 Å². The molecule has 0 saturated carbocycles. The molecule has 0 spiro atoms. The SMILES string of the molecule is CCOC(Cn1c(COc2ccc3ccccc3c2)nc2ccccc21)OCC. The molecule has 0 aliphatic carbocycles. The zero-order chi connectivity index (χ0) is 20.1. The Balaban J connectivity index is 1.60. The monoisotopic (exact) mass is 390 g/mol. The number of aromatic nitrogens is 2. The molecule has 0 aliphatic rings. The van der Waals surface area contributed by atoms with Gasteiger partial charge in [0.1, 0.15) is 18.2 Å². The zero-order valence-electron chi connectivity index (χ0n) is 16.9. The average Bonchev–Trinajstić information content (AvgIpc) is 3.10. The molecule has 5 heteroatoms. The average molecular weight is 390 g/mol. The van der Waals surface area contributed by atoms with Crippen molar-refractivity contribution in [2.24, 2.45) is 0 Å². The maximum absolute atomic E-state index is 6.11. The van der Waals surface area contributed by atoms with Gasteiger partial charge in [0.2, 0.25) is 0 Å². The minimum Gasteiger partial charge on any atom is -0.486 e. The number of rotatable bonds is 9. The van der Waals surface area contributed by atoms with Crippen LogP contribution in [0.3, 0.4) is 0 Å². The van der Waals surface area contributed by atoms with Crippen LogP contribution in [0.2, 0.25) is 0 Å². The Hall–Kier alpha value is -2.89. The third-order valence-corrected chi connectivity index (χ3v) is 4.86. The molecule has 150 valence electrons. The highest BCUT2D eigenvalue weighted by Gasteiger charge is 2.16. The van der Waals surface area contributed by atoms with Crippen LogP contribution in [0.4, 0.5) is 0 Å². The van der Waals surface area contributed by atoms with E-state index in [9.17, 15) is 0 Å². The Kier molecular flexibility index (Phi) is 6.08. The first kappa shape index (κ1) is 19.4. The molecule has 0 fully saturated rings. The van der Waals surface area contributed by atoms with E-state index >= 15 is 0 Å². The molecule has 0 saturated heterocycles. The lowest BCUT2D eigenvalue weighted by Gasteiger charge is -2.19. The van der Waals surface area contributed by atoms with Crippen molar-refractivity contribution in [3.63, 3.8) is 0 Å². The minimum atomic E-state index is -0.318. The fourth-order valence-electron chi connectivity index (χ4n) is 3.52. The number of fused-ring (bicyclic) bond motifs is 2. The van der Waals surface area contributed by atoms with Gasteiger partial charge in [0.25, 0.3) is 0 Å². The predicted molar refractivity (Wildman–Crippen MR) is 115 cm³/mol. The Morgan fingerprint density at radius 1 is 0.862 bits per heavy atom. The molecule has 1 heterocycles. The van der Waals surface area contributed by atoms with E-state index in [1.165, 1.54) is 5.39 Å². The van der Waals surface area contributed by atoms with Crippen LogP contribution < -0.4 is 4.74 Å². The van der Waals surface area contributed by atoms with Crippen LogP contribution in [-0.4, -0.2) is 29.1 Å². The molecule has 4 rings (SSSR count). The van der Waals surface area contributed by atoms with E-state index in [4.69, 9.17) is 19.2 Å². The Labute approximate surface area is 170 Å². The molecular weight excluding hydrogens is 364 g/mol. The van der Waals surface area contributed by atoms with Crippen LogP contribution in [0.1, 0.15) is 19.7 Å². The van der Waals surface area contributed by atoms with E-state index in [0.717, 1.165) is 28.0 Å². The largest absolute Gasteiger partial charge is 0.486 e. The van der Waals surface area contributed by atoms with Gasteiger partial charge in [0, 0.05) is 13.2 Å². The summed E-state index contributed by atoms with van der Waals surface area (Å²) in [6.45, 7) is 6.08. The van der Waals surface area contributed by atoms with Crippen molar-refractivity contribution < 1.29 is 14.2 Å². The number of para-hydroxylation sites is 2. The molecule has 0 unspecified atom stereocenters. The second-order valence-corrected chi connectivity index (χ2v) is 6.77. The molecule has 0 amide bonds. The van der Waals surface area contributed by atoms with Crippen molar-refractivity contribution in [1.29, 1.82) is 0 Å². The highest BCUT2D eigenvalue weighted by atomic mass is 16.7. The number of nitrogens with zero attached hydrogens (tertiary/aromatic N) is 2. The number of hydrogen-bond donors (Lipinski definition) is 0. The van der Waals surface area contributed by atoms with Crippen molar-refractivity contribution >= 4 is 21.8 Å². The Bertz CT molecular complexity index is 1080. The quantitative estimate of drug-likeness (QED) is 0.370. The number of benzene rings is 3. The second-order valence-electron chi connectivity index (χ2n) is 6.77. The van der Waals surface area contributed by atoms with E-state index in [1.807, 2.05) is 50.2 Å². The van der Waals surface area contributed by atoms with Gasteiger partial charge in [-0.2, -0.15) is 0 Å². The lowest BCUT2D eigenvalue weighted by atomic mass is 10.1. The minimum absolute atomic E-state index is 0.318. The molecule has 0 N–H and O–H groups in total. The summed E-state index contributed by atoms with van der Waals surface area (Å²) in [6.07, 6.45) is -0.318. The summed E-state index contributed by atoms with van der Waals surface area (Å²) >= 11 is 0. The van der Waals surface area contributed by atoms with Gasteiger partial charge in [0.05, 0.1) is 17.6 Å². The van der Waals surface area contributed by atoms with E-state index in [0.29, 0.717) is 26.4 Å². The van der Waals surface area contributed by atoms with Crippen molar-refractivity contribution in [2.45, 2.75) is 33.3 Å². The van der Waals surface area contributed by atoms with Gasteiger partial charge < -0.3 is 18.8 Å². The summed E-state index contributed by atoms with van der Waals surface area (Å²) in [4.78, 5) is 4.79. The number of hydrogen-bond acceptors (Lipinski definition) is 4. The van der Waals surface area contributed by atoms with Gasteiger partial charge in [-0.1, -0.05) is 42.5 Å². The molecule has 5 nitrogen and oxygen atoms in total. The molecule has 1 aromatic heterocycles. The smallest absolute Gasteiger partial charge is 0.175 e. The molecule has 4 aromatic rings. The van der Waals surface area contributed by atoms with Crippen LogP contribution in [0, 0.1) is 0 Å².